The van der Waals surface area contributed by atoms with Crippen molar-refractivity contribution in [3.8, 4) is 11.4 Å². The zero-order valence-corrected chi connectivity index (χ0v) is 17.9. The van der Waals surface area contributed by atoms with Gasteiger partial charge < -0.3 is 10.2 Å². The second-order valence-corrected chi connectivity index (χ2v) is 8.00. The first-order chi connectivity index (χ1) is 15.2. The molecule has 4 aromatic rings. The van der Waals surface area contributed by atoms with E-state index in [1.54, 1.807) is 45.0 Å². The summed E-state index contributed by atoms with van der Waals surface area (Å²) in [6.45, 7) is 4.88. The van der Waals surface area contributed by atoms with Gasteiger partial charge in [-0.2, -0.15) is 4.68 Å². The highest BCUT2D eigenvalue weighted by Crippen LogP contribution is 2.29. The number of rotatable bonds is 5. The molecule has 166 valence electrons. The number of aliphatic hydroxyl groups is 2. The van der Waals surface area contributed by atoms with Crippen LogP contribution in [0.15, 0.2) is 58.3 Å². The number of halogens is 1. The summed E-state index contributed by atoms with van der Waals surface area (Å²) in [5.41, 5.74) is -1.02. The van der Waals surface area contributed by atoms with Gasteiger partial charge >= 0.3 is 5.69 Å². The van der Waals surface area contributed by atoms with Gasteiger partial charge in [-0.25, -0.2) is 9.18 Å². The van der Waals surface area contributed by atoms with Crippen LogP contribution in [0.2, 0.25) is 0 Å². The lowest BCUT2D eigenvalue weighted by atomic mass is 9.94. The summed E-state index contributed by atoms with van der Waals surface area (Å²) in [6.07, 6.45) is 1.48. The van der Waals surface area contributed by atoms with Crippen LogP contribution < -0.4 is 11.2 Å². The van der Waals surface area contributed by atoms with Crippen molar-refractivity contribution in [2.45, 2.75) is 39.5 Å². The largest absolute Gasteiger partial charge is 0.388 e. The van der Waals surface area contributed by atoms with Crippen LogP contribution in [0.3, 0.4) is 0 Å². The second kappa shape index (κ2) is 7.85. The molecule has 0 atom stereocenters. The quantitative estimate of drug-likeness (QED) is 0.498. The van der Waals surface area contributed by atoms with Crippen LogP contribution in [0.5, 0.6) is 0 Å². The van der Waals surface area contributed by atoms with Crippen LogP contribution in [0.1, 0.15) is 32.2 Å². The molecular formula is C23H23FN4O4. The predicted molar refractivity (Wildman–Crippen MR) is 118 cm³/mol. The Bertz CT molecular complexity index is 1440. The van der Waals surface area contributed by atoms with Crippen molar-refractivity contribution in [2.75, 3.05) is 0 Å². The molecule has 0 saturated carbocycles. The van der Waals surface area contributed by atoms with Crippen LogP contribution >= 0.6 is 0 Å². The molecule has 0 fully saturated rings. The lowest BCUT2D eigenvalue weighted by molar-refractivity contribution is 0.0796. The first-order valence-corrected chi connectivity index (χ1v) is 10.1. The Morgan fingerprint density at radius 3 is 2.41 bits per heavy atom. The molecule has 2 aromatic carbocycles. The molecule has 0 unspecified atom stereocenters. The minimum absolute atomic E-state index is 0.224. The Balaban J connectivity index is 2.02. The standard InChI is InChI=1S/C23H23FN4O4/c1-4-26-20(13-29)25-28(22(26)31)16-8-9-17-18(11-16)19(23(2,3)32)12-27(21(17)30)15-7-5-6-14(24)10-15/h5-12,29,32H,4,13H2,1-3H3. The molecule has 0 aliphatic rings. The van der Waals surface area contributed by atoms with Crippen molar-refractivity contribution in [2.24, 2.45) is 0 Å². The third-order valence-electron chi connectivity index (χ3n) is 5.39. The summed E-state index contributed by atoms with van der Waals surface area (Å²) < 4.78 is 17.6. The maximum Gasteiger partial charge on any atom is 0.350 e. The van der Waals surface area contributed by atoms with E-state index in [-0.39, 0.29) is 5.82 Å². The van der Waals surface area contributed by atoms with Crippen LogP contribution in [-0.4, -0.2) is 29.1 Å². The number of hydrogen-bond donors (Lipinski definition) is 2. The van der Waals surface area contributed by atoms with E-state index in [1.807, 2.05) is 0 Å². The molecule has 0 radical (unpaired) electrons. The van der Waals surface area contributed by atoms with Gasteiger partial charge in [-0.3, -0.25) is 13.9 Å². The average molecular weight is 438 g/mol. The maximum absolute atomic E-state index is 13.8. The van der Waals surface area contributed by atoms with E-state index in [2.05, 4.69) is 5.10 Å². The van der Waals surface area contributed by atoms with Gasteiger partial charge in [-0.15, -0.1) is 5.10 Å². The number of aromatic nitrogens is 4. The highest BCUT2D eigenvalue weighted by molar-refractivity contribution is 5.87. The molecule has 9 heteroatoms. The van der Waals surface area contributed by atoms with Gasteiger partial charge in [0.2, 0.25) is 0 Å². The molecular weight excluding hydrogens is 415 g/mol. The smallest absolute Gasteiger partial charge is 0.350 e. The molecule has 4 rings (SSSR count). The molecule has 0 bridgehead atoms. The molecule has 2 heterocycles. The normalized spacial score (nSPS) is 11.9. The van der Waals surface area contributed by atoms with Gasteiger partial charge in [-0.1, -0.05) is 6.07 Å². The number of hydrogen-bond acceptors (Lipinski definition) is 5. The molecule has 32 heavy (non-hydrogen) atoms. The Labute approximate surface area is 182 Å². The highest BCUT2D eigenvalue weighted by Gasteiger charge is 2.23. The topological polar surface area (TPSA) is 102 Å². The molecule has 0 spiro atoms. The molecule has 8 nitrogen and oxygen atoms in total. The molecule has 0 saturated heterocycles. The van der Waals surface area contributed by atoms with E-state index >= 15 is 0 Å². The van der Waals surface area contributed by atoms with E-state index in [0.717, 1.165) is 4.68 Å². The van der Waals surface area contributed by atoms with Gasteiger partial charge in [0.05, 0.1) is 17.0 Å². The summed E-state index contributed by atoms with van der Waals surface area (Å²) in [4.78, 5) is 26.0. The first-order valence-electron chi connectivity index (χ1n) is 10.1. The van der Waals surface area contributed by atoms with Crippen molar-refractivity contribution in [3.63, 3.8) is 0 Å². The molecule has 0 aliphatic heterocycles. The summed E-state index contributed by atoms with van der Waals surface area (Å²) in [6, 6.07) is 10.4. The third kappa shape index (κ3) is 3.55. The first kappa shape index (κ1) is 21.7. The summed E-state index contributed by atoms with van der Waals surface area (Å²) in [5, 5.41) is 25.3. The summed E-state index contributed by atoms with van der Waals surface area (Å²) in [5.74, 6) is -0.262. The number of aliphatic hydroxyl groups excluding tert-OH is 1. The molecule has 0 aliphatic carbocycles. The van der Waals surface area contributed by atoms with Gasteiger partial charge in [-0.05, 0) is 62.6 Å². The van der Waals surface area contributed by atoms with E-state index in [9.17, 15) is 24.2 Å². The Hall–Kier alpha value is -3.56. The maximum atomic E-state index is 13.8. The van der Waals surface area contributed by atoms with Crippen LogP contribution in [0.4, 0.5) is 4.39 Å². The van der Waals surface area contributed by atoms with Gasteiger partial charge in [0.1, 0.15) is 12.4 Å². The molecule has 2 aromatic heterocycles. The molecule has 0 amide bonds. The van der Waals surface area contributed by atoms with Crippen LogP contribution in [0.25, 0.3) is 22.1 Å². The number of fused-ring (bicyclic) bond motifs is 1. The number of nitrogens with zero attached hydrogens (tertiary/aromatic N) is 4. The van der Waals surface area contributed by atoms with Gasteiger partial charge in [0.15, 0.2) is 5.82 Å². The predicted octanol–water partition coefficient (Wildman–Crippen LogP) is 2.22. The van der Waals surface area contributed by atoms with Crippen molar-refractivity contribution in [1.82, 2.24) is 18.9 Å². The fourth-order valence-corrected chi connectivity index (χ4v) is 3.81. The zero-order chi connectivity index (χ0) is 23.2. The lowest BCUT2D eigenvalue weighted by Crippen LogP contribution is -2.26. The van der Waals surface area contributed by atoms with Crippen molar-refractivity contribution < 1.29 is 14.6 Å². The minimum atomic E-state index is -1.34. The lowest BCUT2D eigenvalue weighted by Gasteiger charge is -2.22. The van der Waals surface area contributed by atoms with E-state index in [0.29, 0.717) is 34.3 Å². The highest BCUT2D eigenvalue weighted by atomic mass is 19.1. The second-order valence-electron chi connectivity index (χ2n) is 8.00. The Kier molecular flexibility index (Phi) is 5.31. The fourth-order valence-electron chi connectivity index (χ4n) is 3.81. The van der Waals surface area contributed by atoms with Crippen LogP contribution in [-0.2, 0) is 18.8 Å². The SMILES string of the molecule is CCn1c(CO)nn(-c2ccc3c(=O)n(-c4cccc(F)c4)cc(C(C)(C)O)c3c2)c1=O. The third-order valence-corrected chi connectivity index (χ3v) is 5.39. The average Bonchev–Trinajstić information content (AvgIpc) is 3.08. The number of benzene rings is 2. The van der Waals surface area contributed by atoms with Gasteiger partial charge in [0, 0.05) is 23.7 Å². The minimum Gasteiger partial charge on any atom is -0.388 e. The van der Waals surface area contributed by atoms with E-state index in [4.69, 9.17) is 0 Å². The fraction of sp³-hybridized carbons (Fsp3) is 0.261. The van der Waals surface area contributed by atoms with E-state index < -0.39 is 29.3 Å². The van der Waals surface area contributed by atoms with Crippen molar-refractivity contribution in [1.29, 1.82) is 0 Å². The summed E-state index contributed by atoms with van der Waals surface area (Å²) >= 11 is 0. The van der Waals surface area contributed by atoms with E-state index in [1.165, 1.54) is 33.5 Å². The Morgan fingerprint density at radius 1 is 1.06 bits per heavy atom. The Morgan fingerprint density at radius 2 is 1.81 bits per heavy atom. The van der Waals surface area contributed by atoms with Crippen LogP contribution in [0, 0.1) is 5.82 Å². The summed E-state index contributed by atoms with van der Waals surface area (Å²) in [7, 11) is 0. The number of pyridine rings is 1. The monoisotopic (exact) mass is 438 g/mol. The van der Waals surface area contributed by atoms with Crippen molar-refractivity contribution in [3.05, 3.63) is 86.7 Å². The molecule has 2 N–H and O–H groups in total. The van der Waals surface area contributed by atoms with Crippen molar-refractivity contribution >= 4 is 10.8 Å². The van der Waals surface area contributed by atoms with Gasteiger partial charge in [0.25, 0.3) is 5.56 Å². The zero-order valence-electron chi connectivity index (χ0n) is 17.9.